The number of halogens is 1. The molecule has 0 saturated carbocycles. The van der Waals surface area contributed by atoms with Crippen molar-refractivity contribution >= 4 is 21.8 Å². The van der Waals surface area contributed by atoms with E-state index in [1.165, 1.54) is 0 Å². The number of H-pyrrole nitrogens is 1. The molecule has 2 rings (SSSR count). The highest BCUT2D eigenvalue weighted by Crippen LogP contribution is 2.25. The third kappa shape index (κ3) is 4.38. The third-order valence-corrected chi connectivity index (χ3v) is 3.30. The summed E-state index contributed by atoms with van der Waals surface area (Å²) in [5.41, 5.74) is 1.13. The Morgan fingerprint density at radius 2 is 2.35 bits per heavy atom. The number of nitrogens with one attached hydrogen (secondary N) is 2. The Bertz CT molecular complexity index is 570. The number of amides is 1. The standard InChI is InChI=1S/C14H16BrN3O2/c1-10-2-3-12(11(15)8-10)20-9-14(19)18-5-4-13-16-6-7-17-13/h2-3,6-8H,4-5,9H2,1H3,(H,16,17)(H,18,19). The van der Waals surface area contributed by atoms with Crippen LogP contribution in [0.3, 0.4) is 0 Å². The summed E-state index contributed by atoms with van der Waals surface area (Å²) in [6.07, 6.45) is 4.12. The largest absolute Gasteiger partial charge is 0.483 e. The number of benzene rings is 1. The molecule has 0 bridgehead atoms. The van der Waals surface area contributed by atoms with Crippen LogP contribution in [0.5, 0.6) is 5.75 Å². The molecule has 1 amide bonds. The third-order valence-electron chi connectivity index (χ3n) is 2.68. The lowest BCUT2D eigenvalue weighted by atomic mass is 10.2. The summed E-state index contributed by atoms with van der Waals surface area (Å²) < 4.78 is 6.31. The monoisotopic (exact) mass is 337 g/mol. The van der Waals surface area contributed by atoms with E-state index in [1.54, 1.807) is 12.4 Å². The van der Waals surface area contributed by atoms with Crippen LogP contribution in [0.25, 0.3) is 0 Å². The lowest BCUT2D eigenvalue weighted by molar-refractivity contribution is -0.123. The van der Waals surface area contributed by atoms with Crippen LogP contribution in [0.4, 0.5) is 0 Å². The van der Waals surface area contributed by atoms with Crippen LogP contribution in [0.15, 0.2) is 35.1 Å². The van der Waals surface area contributed by atoms with Crippen molar-refractivity contribution in [3.8, 4) is 5.75 Å². The second-order valence-electron chi connectivity index (χ2n) is 4.36. The Morgan fingerprint density at radius 1 is 1.50 bits per heavy atom. The Balaban J connectivity index is 1.72. The van der Waals surface area contributed by atoms with Crippen molar-refractivity contribution in [3.05, 3.63) is 46.5 Å². The molecular formula is C14H16BrN3O2. The van der Waals surface area contributed by atoms with Crippen LogP contribution in [0.2, 0.25) is 0 Å². The van der Waals surface area contributed by atoms with E-state index < -0.39 is 0 Å². The van der Waals surface area contributed by atoms with E-state index in [9.17, 15) is 4.79 Å². The molecule has 2 N–H and O–H groups in total. The highest BCUT2D eigenvalue weighted by Gasteiger charge is 2.05. The summed E-state index contributed by atoms with van der Waals surface area (Å²) in [4.78, 5) is 18.7. The molecule has 0 aliphatic heterocycles. The fraction of sp³-hybridized carbons (Fsp3) is 0.286. The Labute approximate surface area is 125 Å². The maximum Gasteiger partial charge on any atom is 0.257 e. The Hall–Kier alpha value is -1.82. The van der Waals surface area contributed by atoms with Crippen LogP contribution in [0.1, 0.15) is 11.4 Å². The Morgan fingerprint density at radius 3 is 3.05 bits per heavy atom. The van der Waals surface area contributed by atoms with Crippen molar-refractivity contribution in [2.45, 2.75) is 13.3 Å². The predicted octanol–water partition coefficient (Wildman–Crippen LogP) is 2.22. The number of carbonyl (C=O) groups is 1. The number of aromatic nitrogens is 2. The molecule has 0 radical (unpaired) electrons. The Kier molecular flexibility index (Phi) is 5.17. The number of imidazole rings is 1. The summed E-state index contributed by atoms with van der Waals surface area (Å²) in [6.45, 7) is 2.53. The van der Waals surface area contributed by atoms with Crippen molar-refractivity contribution in [1.82, 2.24) is 15.3 Å². The van der Waals surface area contributed by atoms with E-state index in [2.05, 4.69) is 31.2 Å². The van der Waals surface area contributed by atoms with E-state index in [1.807, 2.05) is 25.1 Å². The summed E-state index contributed by atoms with van der Waals surface area (Å²) in [6, 6.07) is 5.73. The molecule has 0 aliphatic carbocycles. The minimum Gasteiger partial charge on any atom is -0.483 e. The van der Waals surface area contributed by atoms with Crippen LogP contribution in [-0.4, -0.2) is 29.0 Å². The van der Waals surface area contributed by atoms with Gasteiger partial charge in [-0.25, -0.2) is 4.98 Å². The van der Waals surface area contributed by atoms with E-state index in [-0.39, 0.29) is 12.5 Å². The molecule has 2 aromatic rings. The SMILES string of the molecule is Cc1ccc(OCC(=O)NCCc2ncc[nH]2)c(Br)c1. The van der Waals surface area contributed by atoms with Crippen molar-refractivity contribution < 1.29 is 9.53 Å². The van der Waals surface area contributed by atoms with Gasteiger partial charge in [0.25, 0.3) is 5.91 Å². The first-order chi connectivity index (χ1) is 9.65. The topological polar surface area (TPSA) is 67.0 Å². The summed E-state index contributed by atoms with van der Waals surface area (Å²) >= 11 is 3.41. The average molecular weight is 338 g/mol. The molecule has 0 saturated heterocycles. The maximum absolute atomic E-state index is 11.6. The van der Waals surface area contributed by atoms with Gasteiger partial charge in [0.2, 0.25) is 0 Å². The average Bonchev–Trinajstić information content (AvgIpc) is 2.91. The molecule has 20 heavy (non-hydrogen) atoms. The molecule has 5 nitrogen and oxygen atoms in total. The zero-order valence-electron chi connectivity index (χ0n) is 11.1. The smallest absolute Gasteiger partial charge is 0.257 e. The highest BCUT2D eigenvalue weighted by atomic mass is 79.9. The maximum atomic E-state index is 11.6. The van der Waals surface area contributed by atoms with Crippen LogP contribution in [-0.2, 0) is 11.2 Å². The quantitative estimate of drug-likeness (QED) is 0.849. The van der Waals surface area contributed by atoms with Crippen molar-refractivity contribution in [2.75, 3.05) is 13.2 Å². The number of hydrogen-bond donors (Lipinski definition) is 2. The highest BCUT2D eigenvalue weighted by molar-refractivity contribution is 9.10. The summed E-state index contributed by atoms with van der Waals surface area (Å²) in [5.74, 6) is 1.37. The van der Waals surface area contributed by atoms with Gasteiger partial charge >= 0.3 is 0 Å². The van der Waals surface area contributed by atoms with Gasteiger partial charge in [-0.2, -0.15) is 0 Å². The molecule has 0 spiro atoms. The molecule has 0 fully saturated rings. The van der Waals surface area contributed by atoms with Crippen molar-refractivity contribution in [3.63, 3.8) is 0 Å². The first-order valence-corrected chi connectivity index (χ1v) is 7.08. The van der Waals surface area contributed by atoms with Crippen molar-refractivity contribution in [2.24, 2.45) is 0 Å². The lowest BCUT2D eigenvalue weighted by Gasteiger charge is -2.09. The van der Waals surface area contributed by atoms with Gasteiger partial charge in [-0.05, 0) is 40.5 Å². The van der Waals surface area contributed by atoms with Crippen molar-refractivity contribution in [1.29, 1.82) is 0 Å². The second-order valence-corrected chi connectivity index (χ2v) is 5.21. The molecule has 0 aliphatic rings. The van der Waals surface area contributed by atoms with E-state index in [4.69, 9.17) is 4.74 Å². The number of aryl methyl sites for hydroxylation is 1. The molecule has 0 atom stereocenters. The molecule has 106 valence electrons. The molecule has 0 unspecified atom stereocenters. The normalized spacial score (nSPS) is 10.3. The predicted molar refractivity (Wildman–Crippen MR) is 79.7 cm³/mol. The van der Waals surface area contributed by atoms with Gasteiger partial charge in [-0.1, -0.05) is 6.07 Å². The van der Waals surface area contributed by atoms with Crippen LogP contribution in [0, 0.1) is 6.92 Å². The zero-order chi connectivity index (χ0) is 14.4. The van der Waals surface area contributed by atoms with Gasteiger partial charge in [-0.3, -0.25) is 4.79 Å². The fourth-order valence-electron chi connectivity index (χ4n) is 1.67. The number of hydrogen-bond acceptors (Lipinski definition) is 3. The number of rotatable bonds is 6. The van der Waals surface area contributed by atoms with E-state index in [0.717, 1.165) is 15.9 Å². The first-order valence-electron chi connectivity index (χ1n) is 6.29. The molecule has 1 aromatic heterocycles. The van der Waals surface area contributed by atoms with E-state index in [0.29, 0.717) is 18.7 Å². The van der Waals surface area contributed by atoms with Crippen LogP contribution >= 0.6 is 15.9 Å². The van der Waals surface area contributed by atoms with Gasteiger partial charge < -0.3 is 15.0 Å². The number of nitrogens with zero attached hydrogens (tertiary/aromatic N) is 1. The summed E-state index contributed by atoms with van der Waals surface area (Å²) in [7, 11) is 0. The van der Waals surface area contributed by atoms with Gasteiger partial charge in [0, 0.05) is 25.4 Å². The minimum atomic E-state index is -0.149. The van der Waals surface area contributed by atoms with Gasteiger partial charge in [0.15, 0.2) is 6.61 Å². The fourth-order valence-corrected chi connectivity index (χ4v) is 2.28. The number of ether oxygens (including phenoxy) is 1. The minimum absolute atomic E-state index is 0.000183. The first kappa shape index (κ1) is 14.6. The summed E-state index contributed by atoms with van der Waals surface area (Å²) in [5, 5.41) is 2.78. The number of carbonyl (C=O) groups excluding carboxylic acids is 1. The molecular weight excluding hydrogens is 322 g/mol. The second kappa shape index (κ2) is 7.09. The van der Waals surface area contributed by atoms with Gasteiger partial charge in [0.05, 0.1) is 4.47 Å². The van der Waals surface area contributed by atoms with Gasteiger partial charge in [-0.15, -0.1) is 0 Å². The van der Waals surface area contributed by atoms with E-state index >= 15 is 0 Å². The molecule has 6 heteroatoms. The zero-order valence-corrected chi connectivity index (χ0v) is 12.7. The molecule has 1 aromatic carbocycles. The van der Waals surface area contributed by atoms with Crippen LogP contribution < -0.4 is 10.1 Å². The molecule has 1 heterocycles. The van der Waals surface area contributed by atoms with Gasteiger partial charge in [0.1, 0.15) is 11.6 Å². The number of aromatic amines is 1. The lowest BCUT2D eigenvalue weighted by Crippen LogP contribution is -2.30.